The highest BCUT2D eigenvalue weighted by molar-refractivity contribution is 8.15. The first-order valence-electron chi connectivity index (χ1n) is 9.88. The van der Waals surface area contributed by atoms with Crippen LogP contribution >= 0.6 is 11.8 Å². The van der Waals surface area contributed by atoms with Gasteiger partial charge in [-0.1, -0.05) is 17.7 Å². The molecule has 0 saturated carbocycles. The molecule has 1 amide bonds. The number of alkyl halides is 2. The number of aliphatic imine (C=N–C) groups is 1. The van der Waals surface area contributed by atoms with Crippen LogP contribution in [0.4, 0.5) is 23.2 Å². The van der Waals surface area contributed by atoms with Crippen LogP contribution in [0.1, 0.15) is 36.3 Å². The van der Waals surface area contributed by atoms with Crippen molar-refractivity contribution in [3.8, 4) is 18.2 Å². The SMILES string of the molecule is [B]C([B])(C#C)Oc1cnc(C(=O)Nc2cc(F)c(F)c([C@]3(C)C[C@](C)(C(F)F)SC(N)=N3)c2)cn1. The van der Waals surface area contributed by atoms with E-state index in [4.69, 9.17) is 32.6 Å². The molecule has 3 N–H and O–H groups in total. The lowest BCUT2D eigenvalue weighted by atomic mass is 9.66. The van der Waals surface area contributed by atoms with Crippen LogP contribution < -0.4 is 15.8 Å². The first-order valence-corrected chi connectivity index (χ1v) is 10.7. The second-order valence-electron chi connectivity index (χ2n) is 8.17. The van der Waals surface area contributed by atoms with Crippen molar-refractivity contribution in [1.29, 1.82) is 0 Å². The molecule has 0 aliphatic carbocycles. The molecule has 4 radical (unpaired) electrons. The summed E-state index contributed by atoms with van der Waals surface area (Å²) in [5.41, 5.74) is 3.37. The van der Waals surface area contributed by atoms with Gasteiger partial charge in [-0.25, -0.2) is 27.5 Å². The van der Waals surface area contributed by atoms with E-state index in [0.29, 0.717) is 11.8 Å². The lowest BCUT2D eigenvalue weighted by Gasteiger charge is -2.40. The van der Waals surface area contributed by atoms with Gasteiger partial charge in [0.25, 0.3) is 12.3 Å². The fourth-order valence-electron chi connectivity index (χ4n) is 3.48. The number of nitrogens with one attached hydrogen (secondary N) is 1. The van der Waals surface area contributed by atoms with E-state index in [9.17, 15) is 22.4 Å². The molecule has 0 spiro atoms. The van der Waals surface area contributed by atoms with E-state index >= 15 is 0 Å². The summed E-state index contributed by atoms with van der Waals surface area (Å²) in [6.07, 6.45) is 3.99. The van der Waals surface area contributed by atoms with Crippen molar-refractivity contribution in [3.05, 3.63) is 47.4 Å². The van der Waals surface area contributed by atoms with E-state index in [1.54, 1.807) is 0 Å². The van der Waals surface area contributed by atoms with Crippen LogP contribution in [0.15, 0.2) is 29.5 Å². The van der Waals surface area contributed by atoms with E-state index in [-0.39, 0.29) is 34.4 Å². The number of rotatable bonds is 6. The van der Waals surface area contributed by atoms with Crippen molar-refractivity contribution in [2.45, 2.75) is 42.4 Å². The summed E-state index contributed by atoms with van der Waals surface area (Å²) in [5, 5.41) is 0.212. The molecule has 2 atom stereocenters. The van der Waals surface area contributed by atoms with Gasteiger partial charge >= 0.3 is 0 Å². The van der Waals surface area contributed by atoms with Gasteiger partial charge < -0.3 is 15.8 Å². The van der Waals surface area contributed by atoms with Crippen molar-refractivity contribution in [2.24, 2.45) is 10.7 Å². The van der Waals surface area contributed by atoms with Crippen molar-refractivity contribution in [2.75, 3.05) is 5.32 Å². The second-order valence-corrected chi connectivity index (χ2v) is 9.72. The number of hydrogen-bond acceptors (Lipinski definition) is 7. The van der Waals surface area contributed by atoms with Gasteiger partial charge in [-0.2, -0.15) is 0 Å². The molecule has 178 valence electrons. The number of nitrogens with zero attached hydrogens (tertiary/aromatic N) is 3. The summed E-state index contributed by atoms with van der Waals surface area (Å²) < 4.78 is 60.0. The molecule has 3 rings (SSSR count). The van der Waals surface area contributed by atoms with Gasteiger partial charge in [0, 0.05) is 17.3 Å². The van der Waals surface area contributed by atoms with E-state index < -0.39 is 39.7 Å². The second kappa shape index (κ2) is 9.45. The highest BCUT2D eigenvalue weighted by Gasteiger charge is 2.48. The molecule has 1 aliphatic heterocycles. The number of halogens is 4. The van der Waals surface area contributed by atoms with E-state index in [2.05, 4.69) is 20.3 Å². The lowest BCUT2D eigenvalue weighted by molar-refractivity contribution is 0.0892. The first kappa shape index (κ1) is 26.4. The number of carbonyl (C=O) groups excluding carboxylic acids is 1. The molecule has 0 saturated heterocycles. The molecule has 7 nitrogen and oxygen atoms in total. The van der Waals surface area contributed by atoms with Crippen LogP contribution in [-0.4, -0.2) is 53.3 Å². The molecule has 1 aromatic carbocycles. The van der Waals surface area contributed by atoms with Crippen molar-refractivity contribution in [3.63, 3.8) is 0 Å². The molecule has 2 aromatic rings. The average molecular weight is 501 g/mol. The number of nitrogens with two attached hydrogens (primary N) is 1. The van der Waals surface area contributed by atoms with Crippen LogP contribution in [0.25, 0.3) is 0 Å². The molecule has 1 aromatic heterocycles. The largest absolute Gasteiger partial charge is 0.478 e. The van der Waals surface area contributed by atoms with E-state index in [0.717, 1.165) is 24.5 Å². The quantitative estimate of drug-likeness (QED) is 0.359. The Balaban J connectivity index is 1.89. The highest BCUT2D eigenvalue weighted by Crippen LogP contribution is 2.49. The number of terminal acetylenes is 1. The van der Waals surface area contributed by atoms with Crippen LogP contribution in [0.5, 0.6) is 5.88 Å². The maximum absolute atomic E-state index is 14.8. The van der Waals surface area contributed by atoms with Crippen molar-refractivity contribution >= 4 is 44.2 Å². The van der Waals surface area contributed by atoms with Gasteiger partial charge in [-0.05, 0) is 26.3 Å². The topological polar surface area (TPSA) is 102 Å². The third kappa shape index (κ3) is 5.73. The number of carbonyl (C=O) groups is 1. The Bertz CT molecular complexity index is 1230. The summed E-state index contributed by atoms with van der Waals surface area (Å²) in [7, 11) is 10.9. The fraction of sp³-hybridized carbons (Fsp3) is 0.333. The minimum Gasteiger partial charge on any atom is -0.478 e. The Kier molecular flexibility index (Phi) is 7.13. The maximum atomic E-state index is 14.8. The highest BCUT2D eigenvalue weighted by atomic mass is 32.2. The number of amidine groups is 1. The van der Waals surface area contributed by atoms with Gasteiger partial charge in [0.1, 0.15) is 21.4 Å². The average Bonchev–Trinajstić information content (AvgIpc) is 2.75. The van der Waals surface area contributed by atoms with Crippen LogP contribution in [0, 0.1) is 24.0 Å². The molecule has 2 heterocycles. The predicted octanol–water partition coefficient (Wildman–Crippen LogP) is 2.70. The Labute approximate surface area is 205 Å². The summed E-state index contributed by atoms with van der Waals surface area (Å²) in [6.45, 7) is 2.62. The summed E-state index contributed by atoms with van der Waals surface area (Å²) >= 11 is 0.662. The maximum Gasteiger partial charge on any atom is 0.275 e. The zero-order chi connectivity index (χ0) is 26.2. The summed E-state index contributed by atoms with van der Waals surface area (Å²) in [6, 6.07) is 1.83. The van der Waals surface area contributed by atoms with Crippen molar-refractivity contribution < 1.29 is 27.1 Å². The summed E-state index contributed by atoms with van der Waals surface area (Å²) in [4.78, 5) is 24.3. The summed E-state index contributed by atoms with van der Waals surface area (Å²) in [5.74, 6) is -1.65. The normalized spacial score (nSPS) is 22.3. The standard InChI is InChI=1S/C21H17B2F4N5O2S/c1-4-21(22,23)34-14-8-29-13(7-30-14)16(33)31-10-5-11(15(25)12(24)6-10)19(2)9-20(3,17(26)27)35-18(28)32-19/h1,5-8,17H,9H2,2-3H3,(H2,28,32)(H,31,33)/t19-,20+/m0/s1. The zero-order valence-electron chi connectivity index (χ0n) is 18.5. The molecule has 0 bridgehead atoms. The van der Waals surface area contributed by atoms with Gasteiger partial charge in [-0.3, -0.25) is 9.79 Å². The third-order valence-corrected chi connectivity index (χ3v) is 6.17. The lowest BCUT2D eigenvalue weighted by Crippen LogP contribution is -2.44. The molecule has 0 unspecified atom stereocenters. The number of ether oxygens (including phenoxy) is 1. The predicted molar refractivity (Wildman–Crippen MR) is 126 cm³/mol. The molecule has 14 heteroatoms. The van der Waals surface area contributed by atoms with Gasteiger partial charge in [0.15, 0.2) is 16.8 Å². The number of amides is 1. The van der Waals surface area contributed by atoms with Crippen molar-refractivity contribution in [1.82, 2.24) is 9.97 Å². The number of benzene rings is 1. The number of hydrogen-bond donors (Lipinski definition) is 2. The minimum absolute atomic E-state index is 0.166. The Hall–Kier alpha value is -3.20. The van der Waals surface area contributed by atoms with Crippen LogP contribution in [-0.2, 0) is 5.54 Å². The Morgan fingerprint density at radius 3 is 2.57 bits per heavy atom. The zero-order valence-corrected chi connectivity index (χ0v) is 19.3. The van der Waals surface area contributed by atoms with E-state index in [1.807, 2.05) is 5.92 Å². The smallest absolute Gasteiger partial charge is 0.275 e. The first-order chi connectivity index (χ1) is 16.2. The van der Waals surface area contributed by atoms with Gasteiger partial charge in [-0.15, -0.1) is 6.42 Å². The molecule has 1 aliphatic rings. The number of aromatic nitrogens is 2. The van der Waals surface area contributed by atoms with E-state index in [1.165, 1.54) is 13.8 Å². The Morgan fingerprint density at radius 1 is 1.31 bits per heavy atom. The third-order valence-electron chi connectivity index (χ3n) is 5.08. The fourth-order valence-corrected chi connectivity index (χ4v) is 4.65. The molecular formula is C21H17B2F4N5O2S. The van der Waals surface area contributed by atoms with Gasteiger partial charge in [0.05, 0.1) is 28.1 Å². The monoisotopic (exact) mass is 501 g/mol. The van der Waals surface area contributed by atoms with Crippen LogP contribution in [0.2, 0.25) is 0 Å². The Morgan fingerprint density at radius 2 is 2.00 bits per heavy atom. The molecule has 0 fully saturated rings. The molecule has 35 heavy (non-hydrogen) atoms. The minimum atomic E-state index is -2.81. The molecular weight excluding hydrogens is 484 g/mol. The van der Waals surface area contributed by atoms with Crippen LogP contribution in [0.3, 0.4) is 0 Å². The number of anilines is 1. The van der Waals surface area contributed by atoms with Gasteiger partial charge in [0.2, 0.25) is 5.88 Å². The number of thioether (sulfide) groups is 1.